The highest BCUT2D eigenvalue weighted by molar-refractivity contribution is 5.92. The Balaban J connectivity index is 2.03. The van der Waals surface area contributed by atoms with Gasteiger partial charge in [-0.25, -0.2) is 0 Å². The van der Waals surface area contributed by atoms with Gasteiger partial charge in [-0.05, 0) is 24.3 Å². The first-order valence-electron chi connectivity index (χ1n) is 7.83. The van der Waals surface area contributed by atoms with Crippen LogP contribution in [0.25, 0.3) is 22.3 Å². The van der Waals surface area contributed by atoms with Gasteiger partial charge in [-0.2, -0.15) is 0 Å². The number of ether oxygens (including phenoxy) is 5. The zero-order valence-electron chi connectivity index (χ0n) is 14.5. The third-order valence-corrected chi connectivity index (χ3v) is 4.20. The van der Waals surface area contributed by atoms with E-state index < -0.39 is 0 Å². The summed E-state index contributed by atoms with van der Waals surface area (Å²) in [4.78, 5) is 13.1. The van der Waals surface area contributed by atoms with Gasteiger partial charge in [-0.3, -0.25) is 4.79 Å². The number of hydrogen-bond acceptors (Lipinski definition) is 7. The third kappa shape index (κ3) is 2.32. The molecule has 26 heavy (non-hydrogen) atoms. The van der Waals surface area contributed by atoms with Crippen LogP contribution < -0.4 is 29.1 Å². The van der Waals surface area contributed by atoms with Crippen molar-refractivity contribution in [3.05, 3.63) is 40.6 Å². The molecule has 7 heteroatoms. The molecule has 0 atom stereocenters. The van der Waals surface area contributed by atoms with E-state index in [-0.39, 0.29) is 29.1 Å². The molecule has 2 aromatic carbocycles. The summed E-state index contributed by atoms with van der Waals surface area (Å²) < 4.78 is 32.7. The highest BCUT2D eigenvalue weighted by Gasteiger charge is 2.27. The van der Waals surface area contributed by atoms with Crippen molar-refractivity contribution in [2.45, 2.75) is 0 Å². The average Bonchev–Trinajstić information content (AvgIpc) is 3.14. The average molecular weight is 356 g/mol. The van der Waals surface area contributed by atoms with Crippen LogP contribution in [0.5, 0.6) is 28.7 Å². The Morgan fingerprint density at radius 3 is 2.31 bits per heavy atom. The lowest BCUT2D eigenvalue weighted by atomic mass is 10.1. The summed E-state index contributed by atoms with van der Waals surface area (Å²) in [6, 6.07) is 8.75. The van der Waals surface area contributed by atoms with Gasteiger partial charge in [0.25, 0.3) is 0 Å². The molecule has 2 heterocycles. The van der Waals surface area contributed by atoms with Gasteiger partial charge < -0.3 is 28.1 Å². The molecule has 0 saturated carbocycles. The quantitative estimate of drug-likeness (QED) is 0.710. The van der Waals surface area contributed by atoms with E-state index in [1.54, 1.807) is 37.4 Å². The fourth-order valence-corrected chi connectivity index (χ4v) is 2.97. The number of rotatable bonds is 4. The van der Waals surface area contributed by atoms with Gasteiger partial charge in [0.2, 0.25) is 23.7 Å². The van der Waals surface area contributed by atoms with E-state index in [0.717, 1.165) is 0 Å². The van der Waals surface area contributed by atoms with Gasteiger partial charge in [0.1, 0.15) is 16.7 Å². The van der Waals surface area contributed by atoms with Crippen LogP contribution in [0.4, 0.5) is 0 Å². The Morgan fingerprint density at radius 1 is 0.923 bits per heavy atom. The summed E-state index contributed by atoms with van der Waals surface area (Å²) in [6.45, 7) is 0.0542. The summed E-state index contributed by atoms with van der Waals surface area (Å²) in [5.41, 5.74) is 0.649. The maximum Gasteiger partial charge on any atom is 0.239 e. The predicted octanol–water partition coefficient (Wildman–Crippen LogP) is 3.21. The Bertz CT molecular complexity index is 1030. The van der Waals surface area contributed by atoms with Gasteiger partial charge in [-0.15, -0.1) is 0 Å². The van der Waals surface area contributed by atoms with E-state index in [1.165, 1.54) is 14.2 Å². The number of fused-ring (bicyclic) bond motifs is 2. The van der Waals surface area contributed by atoms with Gasteiger partial charge >= 0.3 is 0 Å². The van der Waals surface area contributed by atoms with Crippen LogP contribution in [-0.4, -0.2) is 28.1 Å². The van der Waals surface area contributed by atoms with Crippen molar-refractivity contribution in [1.29, 1.82) is 0 Å². The van der Waals surface area contributed by atoms with E-state index >= 15 is 0 Å². The lowest BCUT2D eigenvalue weighted by molar-refractivity contribution is 0.171. The molecule has 0 unspecified atom stereocenters. The molecule has 4 rings (SSSR count). The molecule has 0 bridgehead atoms. The van der Waals surface area contributed by atoms with Gasteiger partial charge in [0, 0.05) is 11.6 Å². The third-order valence-electron chi connectivity index (χ3n) is 4.20. The summed E-state index contributed by atoms with van der Waals surface area (Å²) in [5, 5.41) is 0.242. The molecular formula is C19H16O7. The van der Waals surface area contributed by atoms with Crippen LogP contribution in [0.1, 0.15) is 0 Å². The fraction of sp³-hybridized carbons (Fsp3) is 0.211. The maximum absolute atomic E-state index is 13.1. The van der Waals surface area contributed by atoms with E-state index in [1.807, 2.05) is 0 Å². The zero-order chi connectivity index (χ0) is 18.3. The Hall–Kier alpha value is -3.35. The van der Waals surface area contributed by atoms with Crippen molar-refractivity contribution in [3.63, 3.8) is 0 Å². The summed E-state index contributed by atoms with van der Waals surface area (Å²) in [7, 11) is 4.46. The van der Waals surface area contributed by atoms with Crippen LogP contribution in [0.2, 0.25) is 0 Å². The van der Waals surface area contributed by atoms with Gasteiger partial charge in [-0.1, -0.05) is 0 Å². The lowest BCUT2D eigenvalue weighted by Gasteiger charge is -2.12. The minimum Gasteiger partial charge on any atom is -0.497 e. The summed E-state index contributed by atoms with van der Waals surface area (Å²) >= 11 is 0. The minimum absolute atomic E-state index is 0.0542. The topological polar surface area (TPSA) is 76.4 Å². The second kappa shape index (κ2) is 6.18. The highest BCUT2D eigenvalue weighted by Crippen LogP contribution is 2.46. The monoisotopic (exact) mass is 356 g/mol. The van der Waals surface area contributed by atoms with Crippen LogP contribution >= 0.6 is 0 Å². The van der Waals surface area contributed by atoms with Crippen LogP contribution in [0.3, 0.4) is 0 Å². The Morgan fingerprint density at radius 2 is 1.65 bits per heavy atom. The smallest absolute Gasteiger partial charge is 0.239 e. The van der Waals surface area contributed by atoms with Gasteiger partial charge in [0.05, 0.1) is 21.3 Å². The molecule has 7 nitrogen and oxygen atoms in total. The number of hydrogen-bond donors (Lipinski definition) is 0. The Labute approximate surface area is 148 Å². The summed E-state index contributed by atoms with van der Waals surface area (Å²) in [6.07, 6.45) is 0. The molecule has 1 aliphatic heterocycles. The first-order valence-corrected chi connectivity index (χ1v) is 7.83. The van der Waals surface area contributed by atoms with Crippen molar-refractivity contribution in [2.24, 2.45) is 0 Å². The van der Waals surface area contributed by atoms with Crippen LogP contribution in [0, 0.1) is 0 Å². The molecule has 0 amide bonds. The van der Waals surface area contributed by atoms with Gasteiger partial charge in [0.15, 0.2) is 17.3 Å². The van der Waals surface area contributed by atoms with E-state index in [4.69, 9.17) is 28.1 Å². The maximum atomic E-state index is 13.1. The van der Waals surface area contributed by atoms with Crippen molar-refractivity contribution in [2.75, 3.05) is 28.1 Å². The van der Waals surface area contributed by atoms with E-state index in [2.05, 4.69) is 0 Å². The highest BCUT2D eigenvalue weighted by atomic mass is 16.7. The van der Waals surface area contributed by atoms with E-state index in [9.17, 15) is 4.79 Å². The standard InChI is InChI=1S/C19H16O7/c1-21-11-6-4-10(5-7-11)16-19(23-3)15(20)14-12(26-16)8-13-17(18(14)22-2)25-9-24-13/h4-8H,9H2,1-3H3. The molecule has 0 saturated heterocycles. The normalized spacial score (nSPS) is 12.3. The van der Waals surface area contributed by atoms with Crippen molar-refractivity contribution >= 4 is 11.0 Å². The largest absolute Gasteiger partial charge is 0.497 e. The molecule has 0 aliphatic carbocycles. The Kier molecular flexibility index (Phi) is 3.84. The van der Waals surface area contributed by atoms with E-state index in [0.29, 0.717) is 34.2 Å². The number of methoxy groups -OCH3 is 3. The van der Waals surface area contributed by atoms with Crippen molar-refractivity contribution < 1.29 is 28.1 Å². The summed E-state index contributed by atoms with van der Waals surface area (Å²) in [5.74, 6) is 2.20. The molecule has 0 fully saturated rings. The molecule has 3 aromatic rings. The SMILES string of the molecule is COc1ccc(-c2oc3cc4c(c(OC)c3c(=O)c2OC)OCO4)cc1. The van der Waals surface area contributed by atoms with Crippen LogP contribution in [-0.2, 0) is 0 Å². The molecule has 0 spiro atoms. The minimum atomic E-state index is -0.352. The molecular weight excluding hydrogens is 340 g/mol. The molecule has 1 aromatic heterocycles. The second-order valence-corrected chi connectivity index (χ2v) is 5.54. The molecule has 0 N–H and O–H groups in total. The zero-order valence-corrected chi connectivity index (χ0v) is 14.5. The number of benzene rings is 2. The molecule has 1 aliphatic rings. The molecule has 0 radical (unpaired) electrons. The van der Waals surface area contributed by atoms with Crippen molar-refractivity contribution in [1.82, 2.24) is 0 Å². The first-order chi connectivity index (χ1) is 12.7. The predicted molar refractivity (Wildman–Crippen MR) is 93.7 cm³/mol. The molecule has 134 valence electrons. The first kappa shape index (κ1) is 16.1. The van der Waals surface area contributed by atoms with Crippen molar-refractivity contribution in [3.8, 4) is 40.1 Å². The fourth-order valence-electron chi connectivity index (χ4n) is 2.97. The van der Waals surface area contributed by atoms with Crippen LogP contribution in [0.15, 0.2) is 39.5 Å². The second-order valence-electron chi connectivity index (χ2n) is 5.54. The lowest BCUT2D eigenvalue weighted by Crippen LogP contribution is -2.09.